The molecule has 0 aromatic heterocycles. The van der Waals surface area contributed by atoms with Gasteiger partial charge in [-0.2, -0.15) is 0 Å². The summed E-state index contributed by atoms with van der Waals surface area (Å²) in [6.45, 7) is 0. The predicted octanol–water partition coefficient (Wildman–Crippen LogP) is 4.43. The Bertz CT molecular complexity index is 522. The molecule has 2 aromatic carbocycles. The minimum atomic E-state index is 0.333. The second-order valence-electron chi connectivity index (χ2n) is 3.96. The van der Waals surface area contributed by atoms with Crippen LogP contribution in [0.1, 0.15) is 15.7 Å². The quantitative estimate of drug-likeness (QED) is 0.819. The van der Waals surface area contributed by atoms with Gasteiger partial charge in [0, 0.05) is 10.6 Å². The lowest BCUT2D eigenvalue weighted by molar-refractivity contribution is 0.475. The van der Waals surface area contributed by atoms with Crippen LogP contribution in [0.5, 0.6) is 5.75 Å². The molecule has 0 amide bonds. The van der Waals surface area contributed by atoms with Crippen molar-refractivity contribution in [2.75, 3.05) is 0 Å². The molecule has 0 bridgehead atoms. The van der Waals surface area contributed by atoms with Gasteiger partial charge in [0.15, 0.2) is 0 Å². The number of aromatic hydroxyl groups is 1. The van der Waals surface area contributed by atoms with Gasteiger partial charge in [0.05, 0.1) is 4.58 Å². The average Bonchev–Trinajstić information content (AvgIpc) is 2.39. The maximum atomic E-state index is 9.30. The van der Waals surface area contributed by atoms with Crippen molar-refractivity contribution < 1.29 is 5.11 Å². The van der Waals surface area contributed by atoms with Crippen LogP contribution in [0.4, 0.5) is 0 Å². The smallest absolute Gasteiger partial charge is 0.115 e. The van der Waals surface area contributed by atoms with Crippen LogP contribution in [0.2, 0.25) is 0 Å². The van der Waals surface area contributed by atoms with Gasteiger partial charge in [-0.3, -0.25) is 0 Å². The van der Waals surface area contributed by atoms with Crippen molar-refractivity contribution in [3.8, 4) is 5.75 Å². The van der Waals surface area contributed by atoms with Gasteiger partial charge in [-0.25, -0.2) is 0 Å². The van der Waals surface area contributed by atoms with E-state index in [1.54, 1.807) is 12.1 Å². The molecule has 1 aliphatic heterocycles. The molecule has 0 saturated heterocycles. The summed E-state index contributed by atoms with van der Waals surface area (Å²) >= 11 is 3.84. The molecule has 1 heterocycles. The zero-order valence-corrected chi connectivity index (χ0v) is 10.8. The predicted molar refractivity (Wildman–Crippen MR) is 74.4 cm³/mol. The van der Waals surface area contributed by atoms with E-state index < -0.39 is 0 Å². The molecule has 2 aromatic rings. The molecule has 1 unspecified atom stereocenters. The summed E-state index contributed by atoms with van der Waals surface area (Å²) in [5.41, 5.74) is 2.70. The highest BCUT2D eigenvalue weighted by atomic mass is 32.2. The number of hydrogen-bond acceptors (Lipinski definition) is 3. The number of benzene rings is 2. The van der Waals surface area contributed by atoms with E-state index in [4.69, 9.17) is 0 Å². The Labute approximate surface area is 109 Å². The second kappa shape index (κ2) is 4.67. The third-order valence-electron chi connectivity index (χ3n) is 2.76. The van der Waals surface area contributed by atoms with Gasteiger partial charge in [0.2, 0.25) is 0 Å². The first-order chi connectivity index (χ1) is 8.33. The van der Waals surface area contributed by atoms with Gasteiger partial charge in [0.1, 0.15) is 5.75 Å². The Morgan fingerprint density at radius 1 is 1.00 bits per heavy atom. The van der Waals surface area contributed by atoms with Gasteiger partial charge in [-0.15, -0.1) is 23.5 Å². The molecule has 3 heteroatoms. The first-order valence-electron chi connectivity index (χ1n) is 5.48. The Kier molecular flexibility index (Phi) is 3.04. The maximum Gasteiger partial charge on any atom is 0.115 e. The second-order valence-corrected chi connectivity index (χ2v) is 6.50. The summed E-state index contributed by atoms with van der Waals surface area (Å²) in [6, 6.07) is 16.1. The van der Waals surface area contributed by atoms with Crippen LogP contribution in [-0.4, -0.2) is 5.11 Å². The standard InChI is InChI=1S/C14H12OS2/c15-12-7-5-10(6-8-12)14-16-9-11-3-1-2-4-13(11)17-14/h1-8,14-15H,9H2. The summed E-state index contributed by atoms with van der Waals surface area (Å²) in [4.78, 5) is 1.38. The van der Waals surface area contributed by atoms with E-state index in [9.17, 15) is 5.11 Å². The summed E-state index contributed by atoms with van der Waals surface area (Å²) < 4.78 is 0.436. The Morgan fingerprint density at radius 3 is 2.59 bits per heavy atom. The number of rotatable bonds is 1. The highest BCUT2D eigenvalue weighted by Crippen LogP contribution is 2.50. The van der Waals surface area contributed by atoms with Gasteiger partial charge >= 0.3 is 0 Å². The molecule has 0 saturated carbocycles. The third kappa shape index (κ3) is 2.31. The Hall–Kier alpha value is -1.06. The van der Waals surface area contributed by atoms with Crippen LogP contribution in [0.15, 0.2) is 53.4 Å². The average molecular weight is 260 g/mol. The zero-order chi connectivity index (χ0) is 11.7. The number of phenolic OH excluding ortho intramolecular Hbond substituents is 1. The van der Waals surface area contributed by atoms with Crippen molar-refractivity contribution in [3.63, 3.8) is 0 Å². The normalized spacial score (nSPS) is 18.7. The van der Waals surface area contributed by atoms with Crippen molar-refractivity contribution in [3.05, 3.63) is 59.7 Å². The summed E-state index contributed by atoms with van der Waals surface area (Å²) in [7, 11) is 0. The van der Waals surface area contributed by atoms with Crippen molar-refractivity contribution in [2.24, 2.45) is 0 Å². The molecule has 1 nitrogen and oxygen atoms in total. The highest BCUT2D eigenvalue weighted by Gasteiger charge is 2.20. The fraction of sp³-hybridized carbons (Fsp3) is 0.143. The van der Waals surface area contributed by atoms with Crippen LogP contribution in [0, 0.1) is 0 Å². The van der Waals surface area contributed by atoms with E-state index in [1.807, 2.05) is 35.7 Å². The molecule has 3 rings (SSSR count). The monoisotopic (exact) mass is 260 g/mol. The lowest BCUT2D eigenvalue weighted by Gasteiger charge is -2.23. The molecule has 1 aliphatic rings. The molecule has 17 heavy (non-hydrogen) atoms. The first kappa shape index (κ1) is 11.1. The highest BCUT2D eigenvalue weighted by molar-refractivity contribution is 8.16. The molecule has 0 fully saturated rings. The van der Waals surface area contributed by atoms with E-state index in [0.717, 1.165) is 5.75 Å². The van der Waals surface area contributed by atoms with Crippen LogP contribution in [0.25, 0.3) is 0 Å². The number of hydrogen-bond donors (Lipinski definition) is 1. The molecule has 1 atom stereocenters. The van der Waals surface area contributed by atoms with Crippen LogP contribution >= 0.6 is 23.5 Å². The molecule has 86 valence electrons. The minimum Gasteiger partial charge on any atom is -0.508 e. The fourth-order valence-electron chi connectivity index (χ4n) is 1.85. The summed E-state index contributed by atoms with van der Waals surface area (Å²) in [6.07, 6.45) is 0. The first-order valence-corrected chi connectivity index (χ1v) is 7.41. The van der Waals surface area contributed by atoms with E-state index in [2.05, 4.69) is 24.3 Å². The number of thioether (sulfide) groups is 2. The third-order valence-corrected chi connectivity index (χ3v) is 5.65. The lowest BCUT2D eigenvalue weighted by Crippen LogP contribution is -1.98. The van der Waals surface area contributed by atoms with Crippen molar-refractivity contribution in [1.82, 2.24) is 0 Å². The fourth-order valence-corrected chi connectivity index (χ4v) is 4.63. The van der Waals surface area contributed by atoms with E-state index in [0.29, 0.717) is 10.3 Å². The van der Waals surface area contributed by atoms with Gasteiger partial charge in [-0.1, -0.05) is 30.3 Å². The molecule has 1 N–H and O–H groups in total. The molecular formula is C14H12OS2. The van der Waals surface area contributed by atoms with Crippen molar-refractivity contribution in [2.45, 2.75) is 15.2 Å². The number of phenols is 1. The SMILES string of the molecule is Oc1ccc(C2SCc3ccccc3S2)cc1. The van der Waals surface area contributed by atoms with Crippen LogP contribution in [0.3, 0.4) is 0 Å². The topological polar surface area (TPSA) is 20.2 Å². The van der Waals surface area contributed by atoms with Gasteiger partial charge in [0.25, 0.3) is 0 Å². The van der Waals surface area contributed by atoms with Gasteiger partial charge in [-0.05, 0) is 29.3 Å². The molecule has 0 aliphatic carbocycles. The van der Waals surface area contributed by atoms with Crippen molar-refractivity contribution >= 4 is 23.5 Å². The molecule has 0 spiro atoms. The van der Waals surface area contributed by atoms with Crippen LogP contribution in [-0.2, 0) is 5.75 Å². The van der Waals surface area contributed by atoms with Gasteiger partial charge < -0.3 is 5.11 Å². The minimum absolute atomic E-state index is 0.333. The van der Waals surface area contributed by atoms with E-state index in [1.165, 1.54) is 16.0 Å². The van der Waals surface area contributed by atoms with Crippen molar-refractivity contribution in [1.29, 1.82) is 0 Å². The van der Waals surface area contributed by atoms with Crippen LogP contribution < -0.4 is 0 Å². The lowest BCUT2D eigenvalue weighted by atomic mass is 10.2. The Balaban J connectivity index is 1.86. The molecule has 0 radical (unpaired) electrons. The van der Waals surface area contributed by atoms with E-state index >= 15 is 0 Å². The maximum absolute atomic E-state index is 9.30. The summed E-state index contributed by atoms with van der Waals surface area (Å²) in [5.74, 6) is 1.40. The zero-order valence-electron chi connectivity index (χ0n) is 9.17. The number of fused-ring (bicyclic) bond motifs is 1. The summed E-state index contributed by atoms with van der Waals surface area (Å²) in [5, 5.41) is 9.30. The largest absolute Gasteiger partial charge is 0.508 e. The van der Waals surface area contributed by atoms with E-state index in [-0.39, 0.29) is 0 Å². The Morgan fingerprint density at radius 2 is 1.76 bits per heavy atom. The molecular weight excluding hydrogens is 248 g/mol.